The van der Waals surface area contributed by atoms with Crippen LogP contribution in [0.4, 0.5) is 10.1 Å². The molecule has 2 aromatic carbocycles. The van der Waals surface area contributed by atoms with Crippen molar-refractivity contribution in [1.82, 2.24) is 10.2 Å². The first-order valence-corrected chi connectivity index (χ1v) is 7.42. The van der Waals surface area contributed by atoms with Crippen LogP contribution in [0, 0.1) is 12.7 Å². The molecule has 1 heterocycles. The molecular weight excluding hydrogens is 285 g/mol. The summed E-state index contributed by atoms with van der Waals surface area (Å²) >= 11 is 1.56. The minimum Gasteiger partial charge on any atom is -0.378 e. The van der Waals surface area contributed by atoms with E-state index in [-0.39, 0.29) is 5.82 Å². The van der Waals surface area contributed by atoms with Gasteiger partial charge in [-0.3, -0.25) is 0 Å². The van der Waals surface area contributed by atoms with Gasteiger partial charge in [0.1, 0.15) is 15.8 Å². The molecule has 0 saturated heterocycles. The number of hydrogen-bond donors (Lipinski definition) is 1. The third-order valence-corrected chi connectivity index (χ3v) is 4.08. The van der Waals surface area contributed by atoms with Gasteiger partial charge in [0.05, 0.1) is 6.54 Å². The maximum atomic E-state index is 13.1. The van der Waals surface area contributed by atoms with Gasteiger partial charge in [-0.15, -0.1) is 10.2 Å². The number of nitrogens with one attached hydrogen (secondary N) is 1. The average molecular weight is 299 g/mol. The zero-order valence-corrected chi connectivity index (χ0v) is 12.3. The number of rotatable bonds is 4. The highest BCUT2D eigenvalue weighted by Crippen LogP contribution is 2.24. The molecule has 3 rings (SSSR count). The summed E-state index contributed by atoms with van der Waals surface area (Å²) < 4.78 is 13.1. The zero-order chi connectivity index (χ0) is 14.7. The maximum absolute atomic E-state index is 13.1. The normalized spacial score (nSPS) is 10.6. The molecule has 21 heavy (non-hydrogen) atoms. The highest BCUT2D eigenvalue weighted by molar-refractivity contribution is 7.14. The van der Waals surface area contributed by atoms with Gasteiger partial charge in [0.2, 0.25) is 0 Å². The van der Waals surface area contributed by atoms with Gasteiger partial charge in [-0.2, -0.15) is 0 Å². The van der Waals surface area contributed by atoms with Crippen LogP contribution in [-0.4, -0.2) is 10.2 Å². The monoisotopic (exact) mass is 299 g/mol. The molecule has 3 nitrogen and oxygen atoms in total. The Morgan fingerprint density at radius 2 is 1.90 bits per heavy atom. The molecule has 1 N–H and O–H groups in total. The third-order valence-electron chi connectivity index (χ3n) is 3.11. The molecule has 0 radical (unpaired) electrons. The smallest absolute Gasteiger partial charge is 0.147 e. The van der Waals surface area contributed by atoms with Crippen LogP contribution in [0.1, 0.15) is 10.6 Å². The first kappa shape index (κ1) is 13.7. The lowest BCUT2D eigenvalue weighted by Gasteiger charge is -2.07. The van der Waals surface area contributed by atoms with Gasteiger partial charge in [-0.05, 0) is 30.7 Å². The van der Waals surface area contributed by atoms with Gasteiger partial charge in [0.25, 0.3) is 0 Å². The van der Waals surface area contributed by atoms with E-state index in [2.05, 4.69) is 15.5 Å². The van der Waals surface area contributed by atoms with Gasteiger partial charge >= 0.3 is 0 Å². The first-order chi connectivity index (χ1) is 10.2. The second kappa shape index (κ2) is 6.01. The average Bonchev–Trinajstić information content (AvgIpc) is 2.96. The molecule has 0 fully saturated rings. The van der Waals surface area contributed by atoms with Crippen molar-refractivity contribution < 1.29 is 4.39 Å². The molecule has 0 atom stereocenters. The Balaban J connectivity index is 1.70. The number of aryl methyl sites for hydroxylation is 1. The Bertz CT molecular complexity index is 740. The quantitative estimate of drug-likeness (QED) is 0.782. The van der Waals surface area contributed by atoms with Crippen LogP contribution < -0.4 is 5.32 Å². The van der Waals surface area contributed by atoms with Crippen molar-refractivity contribution in [3.8, 4) is 10.6 Å². The fraction of sp³-hybridized carbons (Fsp3) is 0.125. The van der Waals surface area contributed by atoms with Crippen LogP contribution in [0.3, 0.4) is 0 Å². The van der Waals surface area contributed by atoms with Crippen LogP contribution in [0.5, 0.6) is 0 Å². The van der Waals surface area contributed by atoms with E-state index in [0.29, 0.717) is 6.54 Å². The van der Waals surface area contributed by atoms with Crippen molar-refractivity contribution in [3.05, 3.63) is 64.9 Å². The van der Waals surface area contributed by atoms with Crippen molar-refractivity contribution >= 4 is 17.0 Å². The van der Waals surface area contributed by atoms with E-state index in [0.717, 1.165) is 26.8 Å². The molecule has 106 valence electrons. The maximum Gasteiger partial charge on any atom is 0.147 e. The van der Waals surface area contributed by atoms with E-state index >= 15 is 0 Å². The Kier molecular flexibility index (Phi) is 3.92. The van der Waals surface area contributed by atoms with Gasteiger partial charge in [0.15, 0.2) is 0 Å². The lowest BCUT2D eigenvalue weighted by Crippen LogP contribution is -2.00. The molecule has 0 bridgehead atoms. The largest absolute Gasteiger partial charge is 0.378 e. The summed E-state index contributed by atoms with van der Waals surface area (Å²) in [5.74, 6) is -0.222. The van der Waals surface area contributed by atoms with Crippen LogP contribution in [0.2, 0.25) is 0 Å². The number of anilines is 1. The van der Waals surface area contributed by atoms with E-state index in [1.54, 1.807) is 17.4 Å². The molecule has 0 aliphatic rings. The molecule has 1 aromatic heterocycles. The van der Waals surface area contributed by atoms with E-state index < -0.39 is 0 Å². The molecule has 0 aliphatic carbocycles. The summed E-state index contributed by atoms with van der Waals surface area (Å²) in [4.78, 5) is 0. The van der Waals surface area contributed by atoms with Crippen LogP contribution >= 0.6 is 11.3 Å². The van der Waals surface area contributed by atoms with E-state index in [1.807, 2.05) is 37.3 Å². The Labute approximate surface area is 126 Å². The molecule has 0 saturated carbocycles. The highest BCUT2D eigenvalue weighted by atomic mass is 32.1. The topological polar surface area (TPSA) is 37.8 Å². The molecule has 3 aromatic rings. The number of benzene rings is 2. The fourth-order valence-corrected chi connectivity index (χ4v) is 2.80. The molecule has 5 heteroatoms. The number of nitrogens with zero attached hydrogens (tertiary/aromatic N) is 2. The minimum atomic E-state index is -0.222. The van der Waals surface area contributed by atoms with Crippen molar-refractivity contribution in [2.45, 2.75) is 13.5 Å². The molecule has 0 amide bonds. The van der Waals surface area contributed by atoms with E-state index in [1.165, 1.54) is 12.1 Å². The predicted molar refractivity (Wildman–Crippen MR) is 83.8 cm³/mol. The molecular formula is C16H14FN3S. The Morgan fingerprint density at radius 1 is 1.10 bits per heavy atom. The summed E-state index contributed by atoms with van der Waals surface area (Å²) in [6, 6.07) is 14.7. The standard InChI is InChI=1S/C16H14FN3S/c1-11-9-13(17)7-8-14(11)18-10-15-19-20-16(21-15)12-5-3-2-4-6-12/h2-9,18H,10H2,1H3. The van der Waals surface area contributed by atoms with Gasteiger partial charge in [-0.25, -0.2) is 4.39 Å². The summed E-state index contributed by atoms with van der Waals surface area (Å²) in [5, 5.41) is 13.5. The van der Waals surface area contributed by atoms with Crippen molar-refractivity contribution in [2.75, 3.05) is 5.32 Å². The van der Waals surface area contributed by atoms with Crippen molar-refractivity contribution in [3.63, 3.8) is 0 Å². The zero-order valence-electron chi connectivity index (χ0n) is 11.5. The van der Waals surface area contributed by atoms with Gasteiger partial charge in [0, 0.05) is 11.3 Å². The number of aromatic nitrogens is 2. The first-order valence-electron chi connectivity index (χ1n) is 6.60. The van der Waals surface area contributed by atoms with Gasteiger partial charge in [-0.1, -0.05) is 41.7 Å². The third kappa shape index (κ3) is 3.25. The number of hydrogen-bond acceptors (Lipinski definition) is 4. The van der Waals surface area contributed by atoms with E-state index in [9.17, 15) is 4.39 Å². The summed E-state index contributed by atoms with van der Waals surface area (Å²) in [6.07, 6.45) is 0. The second-order valence-electron chi connectivity index (χ2n) is 4.68. The minimum absolute atomic E-state index is 0.222. The molecule has 0 unspecified atom stereocenters. The fourth-order valence-electron chi connectivity index (χ4n) is 2.02. The summed E-state index contributed by atoms with van der Waals surface area (Å²) in [5.41, 5.74) is 2.86. The molecule has 0 aliphatic heterocycles. The summed E-state index contributed by atoms with van der Waals surface area (Å²) in [7, 11) is 0. The van der Waals surface area contributed by atoms with Crippen molar-refractivity contribution in [1.29, 1.82) is 0 Å². The van der Waals surface area contributed by atoms with E-state index in [4.69, 9.17) is 0 Å². The SMILES string of the molecule is Cc1cc(F)ccc1NCc1nnc(-c2ccccc2)s1. The Hall–Kier alpha value is -2.27. The number of halogens is 1. The highest BCUT2D eigenvalue weighted by Gasteiger charge is 2.07. The Morgan fingerprint density at radius 3 is 2.67 bits per heavy atom. The predicted octanol–water partition coefficient (Wildman–Crippen LogP) is 4.26. The van der Waals surface area contributed by atoms with Gasteiger partial charge < -0.3 is 5.32 Å². The van der Waals surface area contributed by atoms with Crippen LogP contribution in [-0.2, 0) is 6.54 Å². The van der Waals surface area contributed by atoms with Crippen LogP contribution in [0.25, 0.3) is 10.6 Å². The van der Waals surface area contributed by atoms with Crippen LogP contribution in [0.15, 0.2) is 48.5 Å². The lowest BCUT2D eigenvalue weighted by atomic mass is 10.2. The van der Waals surface area contributed by atoms with Crippen molar-refractivity contribution in [2.24, 2.45) is 0 Å². The summed E-state index contributed by atoms with van der Waals surface area (Å²) in [6.45, 7) is 2.46. The molecule has 0 spiro atoms. The second-order valence-corrected chi connectivity index (χ2v) is 5.74. The lowest BCUT2D eigenvalue weighted by molar-refractivity contribution is 0.627.